The molecule has 1 aromatic heterocycles. The van der Waals surface area contributed by atoms with E-state index in [0.29, 0.717) is 0 Å². The summed E-state index contributed by atoms with van der Waals surface area (Å²) < 4.78 is 5.14. The average molecular weight is 166 g/mol. The molecule has 66 valence electrons. The Morgan fingerprint density at radius 1 is 1.58 bits per heavy atom. The molecule has 0 spiro atoms. The zero-order chi connectivity index (χ0) is 8.97. The van der Waals surface area contributed by atoms with Gasteiger partial charge in [0.2, 0.25) is 0 Å². The minimum absolute atomic E-state index is 0.823. The van der Waals surface area contributed by atoms with Crippen molar-refractivity contribution >= 4 is 0 Å². The minimum Gasteiger partial charge on any atom is -0.495 e. The number of methoxy groups -OCH3 is 1. The van der Waals surface area contributed by atoms with Gasteiger partial charge in [0.25, 0.3) is 0 Å². The summed E-state index contributed by atoms with van der Waals surface area (Å²) in [5, 5.41) is 3.06. The van der Waals surface area contributed by atoms with Gasteiger partial charge in [0.05, 0.1) is 12.8 Å². The maximum atomic E-state index is 5.14. The summed E-state index contributed by atoms with van der Waals surface area (Å²) in [7, 11) is 3.57. The third-order valence-electron chi connectivity index (χ3n) is 1.70. The van der Waals surface area contributed by atoms with Gasteiger partial charge in [-0.05, 0) is 25.6 Å². The Morgan fingerprint density at radius 3 is 2.92 bits per heavy atom. The molecule has 0 saturated heterocycles. The lowest BCUT2D eigenvalue weighted by atomic mass is 10.2. The van der Waals surface area contributed by atoms with Crippen LogP contribution < -0.4 is 10.1 Å². The Bertz CT molecular complexity index is 261. The number of nitrogens with zero attached hydrogens (tertiary/aromatic N) is 1. The standard InChI is InChI=1S/C9H14N2O/c1-7-9(12-3)4-8(5-10-2)6-11-7/h4,6,10H,5H2,1-3H3. The highest BCUT2D eigenvalue weighted by molar-refractivity contribution is 5.30. The first-order chi connectivity index (χ1) is 5.77. The van der Waals surface area contributed by atoms with E-state index in [2.05, 4.69) is 10.3 Å². The van der Waals surface area contributed by atoms with Crippen LogP contribution in [0.25, 0.3) is 0 Å². The van der Waals surface area contributed by atoms with Gasteiger partial charge in [0.1, 0.15) is 5.75 Å². The summed E-state index contributed by atoms with van der Waals surface area (Å²) >= 11 is 0. The third kappa shape index (κ3) is 1.95. The Hall–Kier alpha value is -1.09. The van der Waals surface area contributed by atoms with Gasteiger partial charge in [0, 0.05) is 12.7 Å². The zero-order valence-corrected chi connectivity index (χ0v) is 7.72. The van der Waals surface area contributed by atoms with Crippen LogP contribution in [0.15, 0.2) is 12.3 Å². The first-order valence-corrected chi connectivity index (χ1v) is 3.92. The number of aryl methyl sites for hydroxylation is 1. The van der Waals surface area contributed by atoms with Crippen LogP contribution in [-0.4, -0.2) is 19.1 Å². The monoisotopic (exact) mass is 166 g/mol. The lowest BCUT2D eigenvalue weighted by Gasteiger charge is -2.05. The van der Waals surface area contributed by atoms with Gasteiger partial charge in [-0.2, -0.15) is 0 Å². The second-order valence-electron chi connectivity index (χ2n) is 2.66. The van der Waals surface area contributed by atoms with E-state index in [1.807, 2.05) is 26.2 Å². The van der Waals surface area contributed by atoms with Gasteiger partial charge in [-0.1, -0.05) is 0 Å². The molecule has 0 aliphatic heterocycles. The molecule has 1 N–H and O–H groups in total. The van der Waals surface area contributed by atoms with Gasteiger partial charge in [-0.25, -0.2) is 0 Å². The van der Waals surface area contributed by atoms with Crippen LogP contribution in [0, 0.1) is 6.92 Å². The minimum atomic E-state index is 0.823. The van der Waals surface area contributed by atoms with Gasteiger partial charge < -0.3 is 10.1 Å². The van der Waals surface area contributed by atoms with E-state index in [1.165, 1.54) is 0 Å². The van der Waals surface area contributed by atoms with E-state index in [1.54, 1.807) is 7.11 Å². The second-order valence-corrected chi connectivity index (χ2v) is 2.66. The number of rotatable bonds is 3. The van der Waals surface area contributed by atoms with E-state index >= 15 is 0 Å². The summed E-state index contributed by atoms with van der Waals surface area (Å²) in [6.07, 6.45) is 1.86. The van der Waals surface area contributed by atoms with Crippen molar-refractivity contribution in [2.75, 3.05) is 14.2 Å². The number of nitrogens with one attached hydrogen (secondary N) is 1. The molecule has 0 saturated carbocycles. The predicted octanol–water partition coefficient (Wildman–Crippen LogP) is 1.12. The quantitative estimate of drug-likeness (QED) is 0.730. The number of hydrogen-bond acceptors (Lipinski definition) is 3. The Labute approximate surface area is 72.8 Å². The van der Waals surface area contributed by atoms with E-state index in [-0.39, 0.29) is 0 Å². The maximum absolute atomic E-state index is 5.14. The Morgan fingerprint density at radius 2 is 2.33 bits per heavy atom. The van der Waals surface area contributed by atoms with Crippen molar-refractivity contribution in [1.29, 1.82) is 0 Å². The molecule has 0 atom stereocenters. The van der Waals surface area contributed by atoms with Crippen molar-refractivity contribution < 1.29 is 4.74 Å². The average Bonchev–Trinajstić information content (AvgIpc) is 2.09. The fraction of sp³-hybridized carbons (Fsp3) is 0.444. The molecule has 0 aliphatic carbocycles. The Kier molecular flexibility index (Phi) is 3.05. The largest absolute Gasteiger partial charge is 0.495 e. The lowest BCUT2D eigenvalue weighted by Crippen LogP contribution is -2.06. The number of pyridine rings is 1. The molecule has 3 nitrogen and oxygen atoms in total. The van der Waals surface area contributed by atoms with Gasteiger partial charge in [-0.3, -0.25) is 4.98 Å². The van der Waals surface area contributed by atoms with E-state index in [0.717, 1.165) is 23.6 Å². The smallest absolute Gasteiger partial charge is 0.140 e. The molecule has 0 amide bonds. The van der Waals surface area contributed by atoms with Crippen molar-refractivity contribution in [3.8, 4) is 5.75 Å². The molecular formula is C9H14N2O. The molecule has 0 aliphatic rings. The highest BCUT2D eigenvalue weighted by Crippen LogP contribution is 2.15. The van der Waals surface area contributed by atoms with Gasteiger partial charge in [-0.15, -0.1) is 0 Å². The highest BCUT2D eigenvalue weighted by Gasteiger charge is 1.99. The summed E-state index contributed by atoms with van der Waals surface area (Å²) in [6.45, 7) is 2.76. The predicted molar refractivity (Wildman–Crippen MR) is 48.3 cm³/mol. The zero-order valence-electron chi connectivity index (χ0n) is 7.72. The molecule has 3 heteroatoms. The third-order valence-corrected chi connectivity index (χ3v) is 1.70. The van der Waals surface area contributed by atoms with Crippen molar-refractivity contribution in [2.45, 2.75) is 13.5 Å². The molecule has 0 aromatic carbocycles. The fourth-order valence-corrected chi connectivity index (χ4v) is 1.06. The van der Waals surface area contributed by atoms with E-state index < -0.39 is 0 Å². The van der Waals surface area contributed by atoms with Crippen molar-refractivity contribution in [3.05, 3.63) is 23.5 Å². The van der Waals surface area contributed by atoms with Crippen LogP contribution in [0.1, 0.15) is 11.3 Å². The molecule has 1 rings (SSSR count). The first-order valence-electron chi connectivity index (χ1n) is 3.92. The molecule has 1 heterocycles. The Balaban J connectivity index is 2.89. The summed E-state index contributed by atoms with van der Waals surface area (Å²) in [5.41, 5.74) is 2.07. The molecular weight excluding hydrogens is 152 g/mol. The van der Waals surface area contributed by atoms with Crippen LogP contribution in [0.3, 0.4) is 0 Å². The number of hydrogen-bond donors (Lipinski definition) is 1. The van der Waals surface area contributed by atoms with Crippen LogP contribution in [-0.2, 0) is 6.54 Å². The highest BCUT2D eigenvalue weighted by atomic mass is 16.5. The molecule has 0 fully saturated rings. The SMILES string of the molecule is CNCc1cnc(C)c(OC)c1. The fourth-order valence-electron chi connectivity index (χ4n) is 1.06. The van der Waals surface area contributed by atoms with Crippen LogP contribution in [0.4, 0.5) is 0 Å². The van der Waals surface area contributed by atoms with Crippen molar-refractivity contribution in [3.63, 3.8) is 0 Å². The summed E-state index contributed by atoms with van der Waals surface area (Å²) in [4.78, 5) is 4.20. The van der Waals surface area contributed by atoms with E-state index in [9.17, 15) is 0 Å². The first kappa shape index (κ1) is 9.00. The normalized spacial score (nSPS) is 9.92. The lowest BCUT2D eigenvalue weighted by molar-refractivity contribution is 0.408. The van der Waals surface area contributed by atoms with Crippen LogP contribution in [0.5, 0.6) is 5.75 Å². The van der Waals surface area contributed by atoms with Crippen LogP contribution >= 0.6 is 0 Å². The topological polar surface area (TPSA) is 34.2 Å². The van der Waals surface area contributed by atoms with E-state index in [4.69, 9.17) is 4.74 Å². The molecule has 0 bridgehead atoms. The maximum Gasteiger partial charge on any atom is 0.140 e. The van der Waals surface area contributed by atoms with Gasteiger partial charge >= 0.3 is 0 Å². The molecule has 0 unspecified atom stereocenters. The summed E-state index contributed by atoms with van der Waals surface area (Å²) in [5.74, 6) is 0.850. The second kappa shape index (κ2) is 4.07. The van der Waals surface area contributed by atoms with Crippen molar-refractivity contribution in [1.82, 2.24) is 10.3 Å². The van der Waals surface area contributed by atoms with Crippen LogP contribution in [0.2, 0.25) is 0 Å². The molecule has 12 heavy (non-hydrogen) atoms. The number of ether oxygens (including phenoxy) is 1. The van der Waals surface area contributed by atoms with Crippen molar-refractivity contribution in [2.24, 2.45) is 0 Å². The number of aromatic nitrogens is 1. The molecule has 0 radical (unpaired) electrons. The van der Waals surface area contributed by atoms with Gasteiger partial charge in [0.15, 0.2) is 0 Å². The molecule has 1 aromatic rings. The summed E-state index contributed by atoms with van der Waals surface area (Å²) in [6, 6.07) is 2.00.